The number of carbonyl (C=O) groups is 1. The molecule has 0 aliphatic rings. The molecule has 1 N–H and O–H groups in total. The Morgan fingerprint density at radius 1 is 1.28 bits per heavy atom. The third kappa shape index (κ3) is 2.94. The highest BCUT2D eigenvalue weighted by molar-refractivity contribution is 5.68. The summed E-state index contributed by atoms with van der Waals surface area (Å²) in [5.41, 5.74) is 3.43. The molecule has 1 aromatic carbocycles. The van der Waals surface area contributed by atoms with Gasteiger partial charge >= 0.3 is 5.97 Å². The maximum absolute atomic E-state index is 10.5. The van der Waals surface area contributed by atoms with E-state index >= 15 is 0 Å². The molecule has 0 atom stereocenters. The molecule has 0 aliphatic carbocycles. The number of aromatic nitrogens is 2. The molecule has 0 fully saturated rings. The van der Waals surface area contributed by atoms with Crippen LogP contribution in [0.25, 0.3) is 0 Å². The van der Waals surface area contributed by atoms with Gasteiger partial charge < -0.3 is 9.52 Å². The van der Waals surface area contributed by atoms with Gasteiger partial charge in [-0.1, -0.05) is 23.8 Å². The van der Waals surface area contributed by atoms with Gasteiger partial charge in [0.15, 0.2) is 0 Å². The summed E-state index contributed by atoms with van der Waals surface area (Å²) >= 11 is 0. The van der Waals surface area contributed by atoms with Crippen molar-refractivity contribution in [3.8, 4) is 0 Å². The van der Waals surface area contributed by atoms with Crippen molar-refractivity contribution in [3.63, 3.8) is 0 Å². The number of carboxylic acids is 1. The molecule has 94 valence electrons. The van der Waals surface area contributed by atoms with Gasteiger partial charge in [-0.3, -0.25) is 4.79 Å². The number of carboxylic acid groups (broad SMARTS) is 1. The summed E-state index contributed by atoms with van der Waals surface area (Å²) in [6.07, 6.45) is 0.292. The van der Waals surface area contributed by atoms with Crippen LogP contribution in [0.1, 0.15) is 28.5 Å². The van der Waals surface area contributed by atoms with Crippen LogP contribution >= 0.6 is 0 Å². The van der Waals surface area contributed by atoms with E-state index in [-0.39, 0.29) is 12.3 Å². The highest BCUT2D eigenvalue weighted by Crippen LogP contribution is 2.15. The van der Waals surface area contributed by atoms with Crippen molar-refractivity contribution in [1.82, 2.24) is 10.2 Å². The Morgan fingerprint density at radius 2 is 2.00 bits per heavy atom. The van der Waals surface area contributed by atoms with Crippen molar-refractivity contribution >= 4 is 5.97 Å². The monoisotopic (exact) mass is 246 g/mol. The molecule has 0 amide bonds. The van der Waals surface area contributed by atoms with Gasteiger partial charge in [0.2, 0.25) is 11.8 Å². The average Bonchev–Trinajstić information content (AvgIpc) is 2.70. The SMILES string of the molecule is Cc1ccc(C)c(Cc2nnc(CC(=O)O)o2)c1. The predicted octanol–water partition coefficient (Wildman–Crippen LogP) is 1.90. The number of hydrogen-bond donors (Lipinski definition) is 1. The highest BCUT2D eigenvalue weighted by Gasteiger charge is 2.11. The molecule has 1 aromatic heterocycles. The second-order valence-electron chi connectivity index (χ2n) is 4.27. The smallest absolute Gasteiger partial charge is 0.312 e. The summed E-state index contributed by atoms with van der Waals surface area (Å²) in [4.78, 5) is 10.5. The lowest BCUT2D eigenvalue weighted by Crippen LogP contribution is -1.99. The maximum Gasteiger partial charge on any atom is 0.312 e. The lowest BCUT2D eigenvalue weighted by Gasteiger charge is -2.03. The first-order valence-electron chi connectivity index (χ1n) is 5.64. The molecule has 5 heteroatoms. The normalized spacial score (nSPS) is 10.6. The zero-order valence-electron chi connectivity index (χ0n) is 10.3. The predicted molar refractivity (Wildman–Crippen MR) is 64.4 cm³/mol. The molecule has 0 aliphatic heterocycles. The molecular weight excluding hydrogens is 232 g/mol. The van der Waals surface area contributed by atoms with Crippen LogP contribution in [-0.2, 0) is 17.6 Å². The van der Waals surface area contributed by atoms with Crippen molar-refractivity contribution in [2.75, 3.05) is 0 Å². The molecule has 18 heavy (non-hydrogen) atoms. The van der Waals surface area contributed by atoms with E-state index in [9.17, 15) is 4.79 Å². The number of aliphatic carboxylic acids is 1. The Bertz CT molecular complexity index is 575. The van der Waals surface area contributed by atoms with Crippen LogP contribution in [-0.4, -0.2) is 21.3 Å². The summed E-state index contributed by atoms with van der Waals surface area (Å²) in [7, 11) is 0. The molecule has 2 rings (SSSR count). The summed E-state index contributed by atoms with van der Waals surface area (Å²) in [5, 5.41) is 16.2. The van der Waals surface area contributed by atoms with Crippen molar-refractivity contribution < 1.29 is 14.3 Å². The molecule has 1 heterocycles. The summed E-state index contributed by atoms with van der Waals surface area (Å²) in [6.45, 7) is 4.04. The Kier molecular flexibility index (Phi) is 3.41. The van der Waals surface area contributed by atoms with Crippen LogP contribution < -0.4 is 0 Å². The topological polar surface area (TPSA) is 76.2 Å². The fourth-order valence-corrected chi connectivity index (χ4v) is 1.71. The summed E-state index contributed by atoms with van der Waals surface area (Å²) in [6, 6.07) is 6.15. The van der Waals surface area contributed by atoms with Gasteiger partial charge in [0, 0.05) is 0 Å². The summed E-state index contributed by atoms with van der Waals surface area (Å²) < 4.78 is 5.29. The molecular formula is C13H14N2O3. The fourth-order valence-electron chi connectivity index (χ4n) is 1.71. The second-order valence-corrected chi connectivity index (χ2v) is 4.27. The lowest BCUT2D eigenvalue weighted by molar-refractivity contribution is -0.136. The Morgan fingerprint density at radius 3 is 2.72 bits per heavy atom. The second kappa shape index (κ2) is 5.00. The Balaban J connectivity index is 2.16. The van der Waals surface area contributed by atoms with E-state index in [1.54, 1.807) is 0 Å². The van der Waals surface area contributed by atoms with E-state index in [2.05, 4.69) is 16.3 Å². The van der Waals surface area contributed by atoms with Crippen molar-refractivity contribution in [2.45, 2.75) is 26.7 Å². The average molecular weight is 246 g/mol. The number of nitrogens with zero attached hydrogens (tertiary/aromatic N) is 2. The van der Waals surface area contributed by atoms with Gasteiger partial charge in [0.05, 0.1) is 6.42 Å². The van der Waals surface area contributed by atoms with Gasteiger partial charge in [0.1, 0.15) is 6.42 Å². The molecule has 2 aromatic rings. The van der Waals surface area contributed by atoms with Crippen molar-refractivity contribution in [1.29, 1.82) is 0 Å². The van der Waals surface area contributed by atoms with Crippen LogP contribution in [0.15, 0.2) is 22.6 Å². The number of aryl methyl sites for hydroxylation is 2. The van der Waals surface area contributed by atoms with Crippen LogP contribution in [0, 0.1) is 13.8 Å². The minimum Gasteiger partial charge on any atom is -0.481 e. The standard InChI is InChI=1S/C13H14N2O3/c1-8-3-4-9(2)10(5-8)6-11-14-15-12(18-11)7-13(16)17/h3-5H,6-7H2,1-2H3,(H,16,17). The lowest BCUT2D eigenvalue weighted by atomic mass is 10.0. The van der Waals surface area contributed by atoms with Crippen LogP contribution in [0.2, 0.25) is 0 Å². The van der Waals surface area contributed by atoms with E-state index < -0.39 is 5.97 Å². The van der Waals surface area contributed by atoms with Crippen LogP contribution in [0.3, 0.4) is 0 Å². The third-order valence-corrected chi connectivity index (χ3v) is 2.66. The van der Waals surface area contributed by atoms with Gasteiger partial charge in [-0.2, -0.15) is 0 Å². The summed E-state index contributed by atoms with van der Waals surface area (Å²) in [5.74, 6) is -0.389. The molecule has 5 nitrogen and oxygen atoms in total. The van der Waals surface area contributed by atoms with E-state index in [0.717, 1.165) is 11.1 Å². The van der Waals surface area contributed by atoms with Crippen LogP contribution in [0.5, 0.6) is 0 Å². The Hall–Kier alpha value is -2.17. The molecule has 0 bridgehead atoms. The molecule has 0 saturated carbocycles. The molecule has 0 radical (unpaired) electrons. The number of hydrogen-bond acceptors (Lipinski definition) is 4. The van der Waals surface area contributed by atoms with Gasteiger partial charge in [-0.05, 0) is 25.0 Å². The van der Waals surface area contributed by atoms with E-state index in [4.69, 9.17) is 9.52 Å². The van der Waals surface area contributed by atoms with Crippen LogP contribution in [0.4, 0.5) is 0 Å². The Labute approximate surface area is 104 Å². The fraction of sp³-hybridized carbons (Fsp3) is 0.308. The first kappa shape index (κ1) is 12.3. The minimum absolute atomic E-state index is 0.141. The first-order valence-corrected chi connectivity index (χ1v) is 5.64. The van der Waals surface area contributed by atoms with Gasteiger partial charge in [-0.25, -0.2) is 0 Å². The number of rotatable bonds is 4. The molecule has 0 unspecified atom stereocenters. The van der Waals surface area contributed by atoms with E-state index in [1.165, 1.54) is 5.56 Å². The van der Waals surface area contributed by atoms with Gasteiger partial charge in [0.25, 0.3) is 0 Å². The zero-order valence-corrected chi connectivity index (χ0v) is 10.3. The van der Waals surface area contributed by atoms with E-state index in [0.29, 0.717) is 12.3 Å². The van der Waals surface area contributed by atoms with Crippen molar-refractivity contribution in [3.05, 3.63) is 46.7 Å². The largest absolute Gasteiger partial charge is 0.481 e. The maximum atomic E-state index is 10.5. The van der Waals surface area contributed by atoms with E-state index in [1.807, 2.05) is 26.0 Å². The third-order valence-electron chi connectivity index (χ3n) is 2.66. The van der Waals surface area contributed by atoms with Crippen molar-refractivity contribution in [2.24, 2.45) is 0 Å². The zero-order chi connectivity index (χ0) is 13.1. The highest BCUT2D eigenvalue weighted by atomic mass is 16.4. The number of benzene rings is 1. The molecule has 0 spiro atoms. The molecule has 0 saturated heterocycles. The quantitative estimate of drug-likeness (QED) is 0.891. The first-order chi connectivity index (χ1) is 8.54. The minimum atomic E-state index is -0.975. The van der Waals surface area contributed by atoms with Gasteiger partial charge in [-0.15, -0.1) is 10.2 Å².